The van der Waals surface area contributed by atoms with E-state index in [1.54, 1.807) is 0 Å². The van der Waals surface area contributed by atoms with Crippen molar-refractivity contribution in [3.8, 4) is 0 Å². The normalized spacial score (nSPS) is 11.9. The van der Waals surface area contributed by atoms with Gasteiger partial charge in [-0.2, -0.15) is 0 Å². The average Bonchev–Trinajstić information content (AvgIpc) is 3.15. The standard InChI is InChI=1S/C18H17ClN6O7/c1-9(16(27)21-12-6-10(25(30)31)4-5-11(12)19)32-13(26)7-24-8-20-15-14(24)17(28)23(3)18(29)22(15)2/h4-6,8-9H,7H2,1-3H3,(H,21,27). The summed E-state index contributed by atoms with van der Waals surface area (Å²) in [5.74, 6) is -1.62. The molecule has 0 saturated carbocycles. The van der Waals surface area contributed by atoms with E-state index in [2.05, 4.69) is 10.3 Å². The Kier molecular flexibility index (Phi) is 6.11. The van der Waals surface area contributed by atoms with Crippen molar-refractivity contribution >= 4 is 46.0 Å². The van der Waals surface area contributed by atoms with Gasteiger partial charge in [-0.3, -0.25) is 33.6 Å². The number of non-ortho nitro benzene ring substituents is 1. The molecule has 0 bridgehead atoms. The molecular weight excluding hydrogens is 448 g/mol. The molecule has 2 heterocycles. The predicted molar refractivity (Wildman–Crippen MR) is 113 cm³/mol. The molecule has 0 radical (unpaired) electrons. The summed E-state index contributed by atoms with van der Waals surface area (Å²) in [6, 6.07) is 3.51. The Morgan fingerprint density at radius 2 is 1.97 bits per heavy atom. The van der Waals surface area contributed by atoms with Crippen LogP contribution in [0.4, 0.5) is 11.4 Å². The largest absolute Gasteiger partial charge is 0.451 e. The number of halogens is 1. The van der Waals surface area contributed by atoms with Crippen molar-refractivity contribution in [2.75, 3.05) is 5.32 Å². The predicted octanol–water partition coefficient (Wildman–Crippen LogP) is 0.566. The highest BCUT2D eigenvalue weighted by atomic mass is 35.5. The van der Waals surface area contributed by atoms with E-state index in [0.717, 1.165) is 15.2 Å². The first-order valence-corrected chi connectivity index (χ1v) is 9.44. The fourth-order valence-electron chi connectivity index (χ4n) is 2.90. The fraction of sp³-hybridized carbons (Fsp3) is 0.278. The molecular formula is C18H17ClN6O7. The zero-order valence-electron chi connectivity index (χ0n) is 17.1. The Balaban J connectivity index is 1.74. The van der Waals surface area contributed by atoms with Gasteiger partial charge in [-0.15, -0.1) is 0 Å². The fourth-order valence-corrected chi connectivity index (χ4v) is 3.07. The van der Waals surface area contributed by atoms with Crippen molar-refractivity contribution < 1.29 is 19.2 Å². The molecule has 0 aliphatic rings. The van der Waals surface area contributed by atoms with Crippen LogP contribution in [-0.4, -0.2) is 41.6 Å². The number of hydrogen-bond donors (Lipinski definition) is 1. The lowest BCUT2D eigenvalue weighted by Gasteiger charge is -2.14. The number of amides is 1. The summed E-state index contributed by atoms with van der Waals surface area (Å²) in [5, 5.41) is 13.3. The molecule has 1 N–H and O–H groups in total. The summed E-state index contributed by atoms with van der Waals surface area (Å²) in [6.45, 7) is 0.854. The maximum Gasteiger partial charge on any atom is 0.332 e. The molecule has 2 aromatic heterocycles. The van der Waals surface area contributed by atoms with Crippen LogP contribution in [0, 0.1) is 10.1 Å². The average molecular weight is 465 g/mol. The van der Waals surface area contributed by atoms with Crippen LogP contribution in [0.25, 0.3) is 11.2 Å². The minimum Gasteiger partial charge on any atom is -0.451 e. The van der Waals surface area contributed by atoms with E-state index in [1.165, 1.54) is 44.0 Å². The summed E-state index contributed by atoms with van der Waals surface area (Å²) in [5.41, 5.74) is -1.39. The third kappa shape index (κ3) is 4.23. The van der Waals surface area contributed by atoms with Crippen LogP contribution >= 0.6 is 11.6 Å². The van der Waals surface area contributed by atoms with E-state index in [9.17, 15) is 29.3 Å². The second-order valence-electron chi connectivity index (χ2n) is 6.79. The van der Waals surface area contributed by atoms with Gasteiger partial charge in [-0.1, -0.05) is 11.6 Å². The molecule has 0 spiro atoms. The number of nitrogens with zero attached hydrogens (tertiary/aromatic N) is 5. The van der Waals surface area contributed by atoms with Gasteiger partial charge in [0.1, 0.15) is 6.54 Å². The topological polar surface area (TPSA) is 160 Å². The van der Waals surface area contributed by atoms with Crippen molar-refractivity contribution in [1.82, 2.24) is 18.7 Å². The first-order chi connectivity index (χ1) is 15.0. The summed E-state index contributed by atoms with van der Waals surface area (Å²) >= 11 is 5.95. The molecule has 14 heteroatoms. The molecule has 3 rings (SSSR count). The van der Waals surface area contributed by atoms with Gasteiger partial charge >= 0.3 is 11.7 Å². The van der Waals surface area contributed by atoms with Crippen molar-refractivity contribution in [3.63, 3.8) is 0 Å². The van der Waals surface area contributed by atoms with Crippen molar-refractivity contribution in [2.45, 2.75) is 19.6 Å². The zero-order valence-corrected chi connectivity index (χ0v) is 17.8. The van der Waals surface area contributed by atoms with Gasteiger partial charge in [-0.05, 0) is 13.0 Å². The summed E-state index contributed by atoms with van der Waals surface area (Å²) in [4.78, 5) is 63.3. The number of hydrogen-bond acceptors (Lipinski definition) is 8. The number of carbonyl (C=O) groups is 2. The lowest BCUT2D eigenvalue weighted by Crippen LogP contribution is -2.38. The lowest BCUT2D eigenvalue weighted by atomic mass is 10.2. The van der Waals surface area contributed by atoms with E-state index < -0.39 is 40.7 Å². The molecule has 0 saturated heterocycles. The number of aryl methyl sites for hydroxylation is 1. The van der Waals surface area contributed by atoms with Crippen LogP contribution in [-0.2, 0) is 35.0 Å². The lowest BCUT2D eigenvalue weighted by molar-refractivity contribution is -0.384. The molecule has 32 heavy (non-hydrogen) atoms. The zero-order chi connectivity index (χ0) is 23.7. The van der Waals surface area contributed by atoms with Crippen LogP contribution < -0.4 is 16.6 Å². The Morgan fingerprint density at radius 3 is 2.62 bits per heavy atom. The number of anilines is 1. The van der Waals surface area contributed by atoms with Gasteiger partial charge in [0.2, 0.25) is 0 Å². The van der Waals surface area contributed by atoms with E-state index in [0.29, 0.717) is 0 Å². The number of imidazole rings is 1. The molecule has 168 valence electrons. The van der Waals surface area contributed by atoms with Crippen molar-refractivity contribution in [3.05, 3.63) is 60.5 Å². The molecule has 1 atom stereocenters. The first kappa shape index (κ1) is 22.7. The first-order valence-electron chi connectivity index (χ1n) is 9.06. The van der Waals surface area contributed by atoms with Crippen LogP contribution in [0.15, 0.2) is 34.1 Å². The summed E-state index contributed by atoms with van der Waals surface area (Å²) in [7, 11) is 2.73. The number of benzene rings is 1. The third-order valence-corrected chi connectivity index (χ3v) is 4.94. The second kappa shape index (κ2) is 8.63. The highest BCUT2D eigenvalue weighted by Gasteiger charge is 2.22. The Bertz CT molecular complexity index is 1370. The Hall–Kier alpha value is -4.00. The number of nitrogens with one attached hydrogen (secondary N) is 1. The Morgan fingerprint density at radius 1 is 1.28 bits per heavy atom. The number of nitro benzene ring substituents is 1. The highest BCUT2D eigenvalue weighted by molar-refractivity contribution is 6.33. The number of rotatable bonds is 6. The van der Waals surface area contributed by atoms with E-state index in [1.807, 2.05) is 0 Å². The van der Waals surface area contributed by atoms with Gasteiger partial charge in [-0.25, -0.2) is 9.78 Å². The molecule has 0 aliphatic heterocycles. The minimum atomic E-state index is -1.28. The quantitative estimate of drug-likeness (QED) is 0.314. The highest BCUT2D eigenvalue weighted by Crippen LogP contribution is 2.26. The van der Waals surface area contributed by atoms with Gasteiger partial charge < -0.3 is 14.6 Å². The molecule has 0 aliphatic carbocycles. The van der Waals surface area contributed by atoms with Gasteiger partial charge in [0.05, 0.1) is 22.0 Å². The van der Waals surface area contributed by atoms with E-state index in [-0.39, 0.29) is 27.6 Å². The minimum absolute atomic E-state index is 0.0150. The van der Waals surface area contributed by atoms with Crippen molar-refractivity contribution in [1.29, 1.82) is 0 Å². The Labute approximate surface area is 183 Å². The summed E-state index contributed by atoms with van der Waals surface area (Å²) in [6.07, 6.45) is -0.0693. The number of nitro groups is 1. The maximum absolute atomic E-state index is 12.4. The second-order valence-corrected chi connectivity index (χ2v) is 7.20. The smallest absolute Gasteiger partial charge is 0.332 e. The monoisotopic (exact) mass is 464 g/mol. The number of ether oxygens (including phenoxy) is 1. The van der Waals surface area contributed by atoms with Gasteiger partial charge in [0, 0.05) is 26.2 Å². The number of fused-ring (bicyclic) bond motifs is 1. The summed E-state index contributed by atoms with van der Waals surface area (Å²) < 4.78 is 8.35. The van der Waals surface area contributed by atoms with Gasteiger partial charge in [0.15, 0.2) is 17.3 Å². The number of esters is 1. The molecule has 13 nitrogen and oxygen atoms in total. The van der Waals surface area contributed by atoms with Gasteiger partial charge in [0.25, 0.3) is 17.2 Å². The van der Waals surface area contributed by atoms with Crippen LogP contribution in [0.5, 0.6) is 0 Å². The molecule has 1 unspecified atom stereocenters. The number of aromatic nitrogens is 4. The van der Waals surface area contributed by atoms with Crippen LogP contribution in [0.3, 0.4) is 0 Å². The molecule has 1 amide bonds. The SMILES string of the molecule is CC(OC(=O)Cn1cnc2c1c(=O)n(C)c(=O)n2C)C(=O)Nc1cc([N+](=O)[O-])ccc1Cl. The molecule has 3 aromatic rings. The molecule has 0 fully saturated rings. The van der Waals surface area contributed by atoms with Crippen LogP contribution in [0.1, 0.15) is 6.92 Å². The maximum atomic E-state index is 12.4. The molecule has 1 aromatic carbocycles. The van der Waals surface area contributed by atoms with E-state index >= 15 is 0 Å². The number of carbonyl (C=O) groups excluding carboxylic acids is 2. The van der Waals surface area contributed by atoms with E-state index in [4.69, 9.17) is 16.3 Å². The van der Waals surface area contributed by atoms with Crippen molar-refractivity contribution in [2.24, 2.45) is 14.1 Å². The van der Waals surface area contributed by atoms with Crippen LogP contribution in [0.2, 0.25) is 5.02 Å². The third-order valence-electron chi connectivity index (χ3n) is 4.61.